The Morgan fingerprint density at radius 3 is 2.18 bits per heavy atom. The number of nitrogens with zero attached hydrogens (tertiary/aromatic N) is 2. The first kappa shape index (κ1) is 26.7. The van der Waals surface area contributed by atoms with Crippen molar-refractivity contribution < 1.29 is 9.53 Å². The van der Waals surface area contributed by atoms with Gasteiger partial charge < -0.3 is 4.74 Å². The van der Waals surface area contributed by atoms with E-state index in [0.29, 0.717) is 47.3 Å². The van der Waals surface area contributed by atoms with Crippen LogP contribution in [0.15, 0.2) is 101 Å². The van der Waals surface area contributed by atoms with E-state index in [4.69, 9.17) is 56.1 Å². The van der Waals surface area contributed by atoms with Crippen LogP contribution in [-0.4, -0.2) is 11.1 Å². The summed E-state index contributed by atoms with van der Waals surface area (Å²) in [5, 5.41) is 2.74. The maximum Gasteiger partial charge on any atom is 0.271 e. The van der Waals surface area contributed by atoms with Crippen molar-refractivity contribution in [1.82, 2.24) is 0 Å². The van der Waals surface area contributed by atoms with Crippen molar-refractivity contribution in [2.45, 2.75) is 6.61 Å². The summed E-state index contributed by atoms with van der Waals surface area (Å²) in [6.45, 7) is 0.286. The Hall–Kier alpha value is -2.93. The number of hydrogen-bond donors (Lipinski definition) is 0. The summed E-state index contributed by atoms with van der Waals surface area (Å²) in [7, 11) is 0. The SMILES string of the molecule is O=C1/C(=C/c2ccc(OCc3ccccc3Cl)c(Cl)c2)SC(=Nc2ccc(Cl)cc2)N1c1ccc(Cl)cc1. The molecule has 0 radical (unpaired) electrons. The average molecular weight is 600 g/mol. The minimum Gasteiger partial charge on any atom is -0.487 e. The minimum absolute atomic E-state index is 0.208. The second kappa shape index (κ2) is 11.9. The number of ether oxygens (including phenoxy) is 1. The van der Waals surface area contributed by atoms with Gasteiger partial charge in [0.25, 0.3) is 5.91 Å². The molecule has 1 fully saturated rings. The summed E-state index contributed by atoms with van der Waals surface area (Å²) in [6.07, 6.45) is 1.78. The number of thioether (sulfide) groups is 1. The summed E-state index contributed by atoms with van der Waals surface area (Å²) >= 11 is 26.1. The van der Waals surface area contributed by atoms with E-state index in [0.717, 1.165) is 11.1 Å². The van der Waals surface area contributed by atoms with Crippen LogP contribution in [0.25, 0.3) is 6.08 Å². The minimum atomic E-state index is -0.208. The van der Waals surface area contributed by atoms with E-state index in [1.807, 2.05) is 30.3 Å². The maximum atomic E-state index is 13.5. The quantitative estimate of drug-likeness (QED) is 0.207. The van der Waals surface area contributed by atoms with E-state index in [2.05, 4.69) is 0 Å². The lowest BCUT2D eigenvalue weighted by Crippen LogP contribution is -2.28. The van der Waals surface area contributed by atoms with Crippen LogP contribution in [0.3, 0.4) is 0 Å². The van der Waals surface area contributed by atoms with E-state index in [9.17, 15) is 4.79 Å². The van der Waals surface area contributed by atoms with Gasteiger partial charge in [0.15, 0.2) is 5.17 Å². The number of rotatable bonds is 6. The smallest absolute Gasteiger partial charge is 0.271 e. The van der Waals surface area contributed by atoms with Gasteiger partial charge in [-0.05, 0) is 90.1 Å². The van der Waals surface area contributed by atoms with Crippen molar-refractivity contribution in [3.05, 3.63) is 127 Å². The number of halogens is 4. The van der Waals surface area contributed by atoms with Crippen LogP contribution in [0.2, 0.25) is 20.1 Å². The van der Waals surface area contributed by atoms with Gasteiger partial charge in [0, 0.05) is 20.6 Å². The second-order valence-corrected chi connectivity index (χ2v) is 10.9. The first-order valence-electron chi connectivity index (χ1n) is 11.4. The molecule has 0 aliphatic carbocycles. The van der Waals surface area contributed by atoms with E-state index in [1.54, 1.807) is 71.6 Å². The van der Waals surface area contributed by atoms with Gasteiger partial charge in [-0.1, -0.05) is 70.7 Å². The molecule has 5 rings (SSSR count). The Labute approximate surface area is 244 Å². The third kappa shape index (κ3) is 6.20. The second-order valence-electron chi connectivity index (χ2n) is 8.17. The molecule has 4 nitrogen and oxygen atoms in total. The van der Waals surface area contributed by atoms with Crippen LogP contribution in [0, 0.1) is 0 Å². The van der Waals surface area contributed by atoms with E-state index in [-0.39, 0.29) is 12.5 Å². The molecule has 0 atom stereocenters. The van der Waals surface area contributed by atoms with Crippen molar-refractivity contribution >= 4 is 86.7 Å². The highest BCUT2D eigenvalue weighted by Gasteiger charge is 2.34. The Morgan fingerprint density at radius 1 is 0.816 bits per heavy atom. The summed E-state index contributed by atoms with van der Waals surface area (Å²) in [5.74, 6) is 0.312. The van der Waals surface area contributed by atoms with Crippen molar-refractivity contribution in [3.8, 4) is 5.75 Å². The summed E-state index contributed by atoms with van der Waals surface area (Å²) < 4.78 is 5.87. The Morgan fingerprint density at radius 2 is 1.50 bits per heavy atom. The standard InChI is InChI=1S/C29H18Cl4N2O2S/c30-20-6-10-22(11-7-20)34-29-35(23-12-8-21(31)9-13-23)28(36)27(38-29)16-18-5-14-26(25(33)15-18)37-17-19-3-1-2-4-24(19)32/h1-16H,17H2/b27-16-,34-29?. The largest absolute Gasteiger partial charge is 0.487 e. The number of anilines is 1. The molecule has 1 aliphatic rings. The zero-order valence-electron chi connectivity index (χ0n) is 19.6. The molecule has 38 heavy (non-hydrogen) atoms. The van der Waals surface area contributed by atoms with Crippen LogP contribution >= 0.6 is 58.2 Å². The number of benzene rings is 4. The molecule has 0 aromatic heterocycles. The summed E-state index contributed by atoms with van der Waals surface area (Å²) in [5.41, 5.74) is 2.94. The fourth-order valence-electron chi connectivity index (χ4n) is 3.64. The molecular formula is C29H18Cl4N2O2S. The number of amides is 1. The number of amidine groups is 1. The van der Waals surface area contributed by atoms with Gasteiger partial charge in [0.1, 0.15) is 12.4 Å². The van der Waals surface area contributed by atoms with Crippen LogP contribution in [-0.2, 0) is 11.4 Å². The van der Waals surface area contributed by atoms with Gasteiger partial charge in [0.2, 0.25) is 0 Å². The third-order valence-electron chi connectivity index (χ3n) is 5.54. The topological polar surface area (TPSA) is 41.9 Å². The van der Waals surface area contributed by atoms with Gasteiger partial charge in [-0.3, -0.25) is 9.69 Å². The molecule has 1 saturated heterocycles. The van der Waals surface area contributed by atoms with E-state index in [1.165, 1.54) is 11.8 Å². The fraction of sp³-hybridized carbons (Fsp3) is 0.0345. The molecule has 0 N–H and O–H groups in total. The molecule has 0 saturated carbocycles. The highest BCUT2D eigenvalue weighted by Crippen LogP contribution is 2.38. The number of hydrogen-bond acceptors (Lipinski definition) is 4. The van der Waals surface area contributed by atoms with Crippen molar-refractivity contribution in [2.24, 2.45) is 4.99 Å². The predicted molar refractivity (Wildman–Crippen MR) is 160 cm³/mol. The maximum absolute atomic E-state index is 13.5. The lowest BCUT2D eigenvalue weighted by Gasteiger charge is -2.15. The van der Waals surface area contributed by atoms with Crippen molar-refractivity contribution in [3.63, 3.8) is 0 Å². The van der Waals surface area contributed by atoms with Crippen LogP contribution in [0.1, 0.15) is 11.1 Å². The lowest BCUT2D eigenvalue weighted by atomic mass is 10.2. The van der Waals surface area contributed by atoms with E-state index >= 15 is 0 Å². The highest BCUT2D eigenvalue weighted by atomic mass is 35.5. The van der Waals surface area contributed by atoms with Gasteiger partial charge in [-0.25, -0.2) is 4.99 Å². The molecule has 4 aromatic carbocycles. The number of carbonyl (C=O) groups is 1. The molecule has 0 bridgehead atoms. The third-order valence-corrected chi connectivity index (χ3v) is 7.67. The number of carbonyl (C=O) groups excluding carboxylic acids is 1. The van der Waals surface area contributed by atoms with Gasteiger partial charge >= 0.3 is 0 Å². The predicted octanol–water partition coefficient (Wildman–Crippen LogP) is 9.69. The summed E-state index contributed by atoms with van der Waals surface area (Å²) in [4.78, 5) is 20.3. The highest BCUT2D eigenvalue weighted by molar-refractivity contribution is 8.19. The van der Waals surface area contributed by atoms with Crippen molar-refractivity contribution in [2.75, 3.05) is 4.90 Å². The Kier molecular flexibility index (Phi) is 8.32. The summed E-state index contributed by atoms with van der Waals surface area (Å²) in [6, 6.07) is 27.0. The van der Waals surface area contributed by atoms with E-state index < -0.39 is 0 Å². The molecular weight excluding hydrogens is 582 g/mol. The first-order chi connectivity index (χ1) is 18.4. The first-order valence-corrected chi connectivity index (χ1v) is 13.7. The molecule has 1 amide bonds. The zero-order chi connectivity index (χ0) is 26.6. The fourth-order valence-corrected chi connectivity index (χ4v) is 5.33. The van der Waals surface area contributed by atoms with Crippen LogP contribution in [0.5, 0.6) is 5.75 Å². The van der Waals surface area contributed by atoms with Gasteiger partial charge in [0.05, 0.1) is 21.3 Å². The molecule has 190 valence electrons. The normalized spacial score (nSPS) is 15.5. The van der Waals surface area contributed by atoms with Gasteiger partial charge in [-0.2, -0.15) is 0 Å². The molecule has 1 heterocycles. The molecule has 0 unspecified atom stereocenters. The van der Waals surface area contributed by atoms with Crippen molar-refractivity contribution in [1.29, 1.82) is 0 Å². The van der Waals surface area contributed by atoms with Crippen LogP contribution in [0.4, 0.5) is 11.4 Å². The van der Waals surface area contributed by atoms with Gasteiger partial charge in [-0.15, -0.1) is 0 Å². The molecule has 0 spiro atoms. The Bertz CT molecular complexity index is 1550. The molecule has 1 aliphatic heterocycles. The van der Waals surface area contributed by atoms with Crippen LogP contribution < -0.4 is 9.64 Å². The molecule has 4 aromatic rings. The average Bonchev–Trinajstić information content (AvgIpc) is 3.20. The monoisotopic (exact) mass is 598 g/mol. The number of aliphatic imine (C=N–C) groups is 1. The lowest BCUT2D eigenvalue weighted by molar-refractivity contribution is -0.113. The molecule has 9 heteroatoms. The Balaban J connectivity index is 1.42. The zero-order valence-corrected chi connectivity index (χ0v) is 23.4.